The van der Waals surface area contributed by atoms with Crippen molar-refractivity contribution in [2.45, 2.75) is 37.1 Å². The third-order valence-electron chi connectivity index (χ3n) is 6.64. The molecule has 2 fully saturated rings. The SMILES string of the molecule is CCS(=O)(=O)c1ccc(N2CCC(NC(=O)C3CC(=O)N(c4cccc(OC)c4)C3)CC2)cc1. The zero-order chi connectivity index (χ0) is 24.3. The van der Waals surface area contributed by atoms with E-state index in [-0.39, 0.29) is 35.9 Å². The van der Waals surface area contributed by atoms with Gasteiger partial charge in [-0.15, -0.1) is 0 Å². The van der Waals surface area contributed by atoms with Crippen LogP contribution >= 0.6 is 0 Å². The standard InChI is InChI=1S/C25H31N3O5S/c1-3-34(31,32)23-9-7-20(8-10-23)27-13-11-19(12-14-27)26-25(30)18-15-24(29)28(17-18)21-5-4-6-22(16-21)33-2/h4-10,16,18-19H,3,11-15,17H2,1-2H3,(H,26,30). The number of anilines is 2. The van der Waals surface area contributed by atoms with Gasteiger partial charge in [0.1, 0.15) is 5.75 Å². The predicted molar refractivity (Wildman–Crippen MR) is 131 cm³/mol. The summed E-state index contributed by atoms with van der Waals surface area (Å²) in [6, 6.07) is 14.4. The van der Waals surface area contributed by atoms with Gasteiger partial charge < -0.3 is 19.9 Å². The van der Waals surface area contributed by atoms with Gasteiger partial charge in [-0.05, 0) is 49.2 Å². The summed E-state index contributed by atoms with van der Waals surface area (Å²) < 4.78 is 29.3. The summed E-state index contributed by atoms with van der Waals surface area (Å²) >= 11 is 0. The van der Waals surface area contributed by atoms with Crippen LogP contribution in [0.25, 0.3) is 0 Å². The second-order valence-corrected chi connectivity index (χ2v) is 11.1. The number of hydrogen-bond donors (Lipinski definition) is 1. The first-order valence-electron chi connectivity index (χ1n) is 11.6. The fourth-order valence-corrected chi connectivity index (χ4v) is 5.43. The Balaban J connectivity index is 1.29. The maximum Gasteiger partial charge on any atom is 0.227 e. The number of piperidine rings is 1. The fraction of sp³-hybridized carbons (Fsp3) is 0.440. The molecule has 8 nitrogen and oxygen atoms in total. The van der Waals surface area contributed by atoms with Gasteiger partial charge in [0.05, 0.1) is 23.7 Å². The Morgan fingerprint density at radius 2 is 1.79 bits per heavy atom. The number of benzene rings is 2. The molecule has 1 atom stereocenters. The molecule has 2 saturated heterocycles. The Morgan fingerprint density at radius 3 is 2.44 bits per heavy atom. The van der Waals surface area contributed by atoms with E-state index >= 15 is 0 Å². The second kappa shape index (κ2) is 10.0. The maximum absolute atomic E-state index is 12.9. The zero-order valence-corrected chi connectivity index (χ0v) is 20.4. The van der Waals surface area contributed by atoms with Gasteiger partial charge in [-0.3, -0.25) is 9.59 Å². The molecule has 9 heteroatoms. The van der Waals surface area contributed by atoms with Crippen molar-refractivity contribution in [2.24, 2.45) is 5.92 Å². The molecule has 2 aromatic carbocycles. The molecule has 1 N–H and O–H groups in total. The van der Waals surface area contributed by atoms with E-state index < -0.39 is 9.84 Å². The van der Waals surface area contributed by atoms with Crippen LogP contribution in [0.4, 0.5) is 11.4 Å². The van der Waals surface area contributed by atoms with Crippen LogP contribution in [0, 0.1) is 5.92 Å². The number of ether oxygens (including phenoxy) is 1. The van der Waals surface area contributed by atoms with Gasteiger partial charge in [0.2, 0.25) is 11.8 Å². The molecule has 4 rings (SSSR count). The Hall–Kier alpha value is -3.07. The average Bonchev–Trinajstić information content (AvgIpc) is 3.26. The normalized spacial score (nSPS) is 19.4. The Bertz CT molecular complexity index is 1140. The molecule has 2 aliphatic rings. The third-order valence-corrected chi connectivity index (χ3v) is 8.39. The van der Waals surface area contributed by atoms with Crippen LogP contribution in [0.1, 0.15) is 26.2 Å². The minimum absolute atomic E-state index is 0.0586. The van der Waals surface area contributed by atoms with Crippen LogP contribution in [0.5, 0.6) is 5.75 Å². The van der Waals surface area contributed by atoms with Gasteiger partial charge in [0.25, 0.3) is 0 Å². The Kier molecular flexibility index (Phi) is 7.11. The van der Waals surface area contributed by atoms with E-state index in [0.29, 0.717) is 17.2 Å². The van der Waals surface area contributed by atoms with Crippen molar-refractivity contribution in [3.05, 3.63) is 48.5 Å². The Morgan fingerprint density at radius 1 is 1.09 bits per heavy atom. The molecule has 2 aromatic rings. The summed E-state index contributed by atoms with van der Waals surface area (Å²) in [6.07, 6.45) is 1.79. The lowest BCUT2D eigenvalue weighted by Gasteiger charge is -2.34. The molecular formula is C25H31N3O5S. The minimum Gasteiger partial charge on any atom is -0.497 e. The smallest absolute Gasteiger partial charge is 0.227 e. The minimum atomic E-state index is -3.21. The topological polar surface area (TPSA) is 96.0 Å². The van der Waals surface area contributed by atoms with Crippen LogP contribution in [0.2, 0.25) is 0 Å². The first-order chi connectivity index (χ1) is 16.3. The highest BCUT2D eigenvalue weighted by Gasteiger charge is 2.36. The maximum atomic E-state index is 12.9. The van der Waals surface area contributed by atoms with Crippen molar-refractivity contribution in [3.63, 3.8) is 0 Å². The summed E-state index contributed by atoms with van der Waals surface area (Å²) in [5.41, 5.74) is 1.72. The molecule has 2 aliphatic heterocycles. The van der Waals surface area contributed by atoms with E-state index in [4.69, 9.17) is 4.74 Å². The highest BCUT2D eigenvalue weighted by Crippen LogP contribution is 2.28. The first kappa shape index (κ1) is 24.1. The van der Waals surface area contributed by atoms with E-state index in [1.807, 2.05) is 30.3 Å². The molecule has 0 aliphatic carbocycles. The first-order valence-corrected chi connectivity index (χ1v) is 13.3. The van der Waals surface area contributed by atoms with Gasteiger partial charge >= 0.3 is 0 Å². The largest absolute Gasteiger partial charge is 0.497 e. The second-order valence-electron chi connectivity index (χ2n) is 8.77. The quantitative estimate of drug-likeness (QED) is 0.648. The van der Waals surface area contributed by atoms with Gasteiger partial charge in [-0.25, -0.2) is 8.42 Å². The number of carbonyl (C=O) groups excluding carboxylic acids is 2. The Labute approximate surface area is 200 Å². The van der Waals surface area contributed by atoms with Crippen LogP contribution in [0.3, 0.4) is 0 Å². The lowest BCUT2D eigenvalue weighted by atomic mass is 10.0. The highest BCUT2D eigenvalue weighted by atomic mass is 32.2. The van der Waals surface area contributed by atoms with E-state index in [2.05, 4.69) is 10.2 Å². The zero-order valence-electron chi connectivity index (χ0n) is 19.6. The molecule has 2 amide bonds. The van der Waals surface area contributed by atoms with Crippen molar-refractivity contribution in [1.29, 1.82) is 0 Å². The molecule has 0 bridgehead atoms. The molecule has 0 spiro atoms. The number of carbonyl (C=O) groups is 2. The van der Waals surface area contributed by atoms with Gasteiger partial charge in [-0.1, -0.05) is 13.0 Å². The molecule has 0 radical (unpaired) electrons. The lowest BCUT2D eigenvalue weighted by Crippen LogP contribution is -2.46. The molecular weight excluding hydrogens is 454 g/mol. The number of hydrogen-bond acceptors (Lipinski definition) is 6. The molecule has 182 valence electrons. The number of amides is 2. The van der Waals surface area contributed by atoms with Crippen LogP contribution in [-0.2, 0) is 19.4 Å². The van der Waals surface area contributed by atoms with Gasteiger partial charge in [0, 0.05) is 49.5 Å². The van der Waals surface area contributed by atoms with E-state index in [9.17, 15) is 18.0 Å². The van der Waals surface area contributed by atoms with Crippen molar-refractivity contribution >= 4 is 33.0 Å². The number of nitrogens with zero attached hydrogens (tertiary/aromatic N) is 2. The molecule has 34 heavy (non-hydrogen) atoms. The summed E-state index contributed by atoms with van der Waals surface area (Å²) in [5.74, 6) is 0.251. The number of rotatable bonds is 7. The molecule has 1 unspecified atom stereocenters. The molecule has 0 aromatic heterocycles. The van der Waals surface area contributed by atoms with Gasteiger partial charge in [-0.2, -0.15) is 0 Å². The molecule has 0 saturated carbocycles. The molecule has 2 heterocycles. The van der Waals surface area contributed by atoms with Crippen LogP contribution in [0.15, 0.2) is 53.4 Å². The predicted octanol–water partition coefficient (Wildman–Crippen LogP) is 2.63. The number of sulfone groups is 1. The fourth-order valence-electron chi connectivity index (χ4n) is 4.54. The van der Waals surface area contributed by atoms with Crippen molar-refractivity contribution < 1.29 is 22.7 Å². The highest BCUT2D eigenvalue weighted by molar-refractivity contribution is 7.91. The van der Waals surface area contributed by atoms with Gasteiger partial charge in [0.15, 0.2) is 9.84 Å². The average molecular weight is 486 g/mol. The van der Waals surface area contributed by atoms with E-state index in [1.54, 1.807) is 37.1 Å². The van der Waals surface area contributed by atoms with Crippen LogP contribution < -0.4 is 19.9 Å². The lowest BCUT2D eigenvalue weighted by molar-refractivity contribution is -0.127. The van der Waals surface area contributed by atoms with Crippen molar-refractivity contribution in [1.82, 2.24) is 5.32 Å². The third kappa shape index (κ3) is 5.19. The van der Waals surface area contributed by atoms with E-state index in [1.165, 1.54) is 0 Å². The van der Waals surface area contributed by atoms with Crippen LogP contribution in [-0.4, -0.2) is 58.8 Å². The summed E-state index contributed by atoms with van der Waals surface area (Å²) in [7, 11) is -1.62. The number of methoxy groups -OCH3 is 1. The number of nitrogens with one attached hydrogen (secondary N) is 1. The monoisotopic (exact) mass is 485 g/mol. The van der Waals surface area contributed by atoms with Crippen molar-refractivity contribution in [3.8, 4) is 5.75 Å². The summed E-state index contributed by atoms with van der Waals surface area (Å²) in [4.78, 5) is 29.6. The summed E-state index contributed by atoms with van der Waals surface area (Å²) in [5, 5.41) is 3.14. The summed E-state index contributed by atoms with van der Waals surface area (Å²) in [6.45, 7) is 3.54. The van der Waals surface area contributed by atoms with Crippen molar-refractivity contribution in [2.75, 3.05) is 42.3 Å². The van der Waals surface area contributed by atoms with E-state index in [0.717, 1.165) is 37.3 Å².